The van der Waals surface area contributed by atoms with E-state index < -0.39 is 0 Å². The Kier molecular flexibility index (Phi) is 5.94. The third-order valence-corrected chi connectivity index (χ3v) is 4.33. The second-order valence-corrected chi connectivity index (χ2v) is 6.49. The van der Waals surface area contributed by atoms with Crippen molar-refractivity contribution in [2.24, 2.45) is 5.92 Å². The third kappa shape index (κ3) is 4.06. The molecule has 0 atom stereocenters. The highest BCUT2D eigenvalue weighted by molar-refractivity contribution is 5.91. The Morgan fingerprint density at radius 2 is 1.95 bits per heavy atom. The van der Waals surface area contributed by atoms with Crippen LogP contribution in [-0.2, 0) is 0 Å². The van der Waals surface area contributed by atoms with Crippen LogP contribution in [0.2, 0.25) is 0 Å². The maximum Gasteiger partial charge on any atom is 0.276 e. The van der Waals surface area contributed by atoms with E-state index in [2.05, 4.69) is 29.1 Å². The normalized spacial score (nSPS) is 17.1. The molecular formula is C16H29N5O. The van der Waals surface area contributed by atoms with Crippen LogP contribution in [0, 0.1) is 5.92 Å². The van der Waals surface area contributed by atoms with Gasteiger partial charge in [-0.2, -0.15) is 0 Å². The maximum absolute atomic E-state index is 12.3. The standard InChI is InChI=1S/C16H29N5O/c1-5-20(6-2)16(22)15-12-21(18-17-15)14-7-9-19(10-8-14)11-13(3)4/h12-14H,5-11H2,1-4H3. The molecule has 6 nitrogen and oxygen atoms in total. The van der Waals surface area contributed by atoms with Crippen LogP contribution in [0.5, 0.6) is 0 Å². The molecule has 0 aliphatic carbocycles. The number of carbonyl (C=O) groups excluding carboxylic acids is 1. The summed E-state index contributed by atoms with van der Waals surface area (Å²) in [5.41, 5.74) is 0.466. The van der Waals surface area contributed by atoms with Gasteiger partial charge in [0.1, 0.15) is 0 Å². The second-order valence-electron chi connectivity index (χ2n) is 6.49. The SMILES string of the molecule is CCN(CC)C(=O)c1cn(C2CCN(CC(C)C)CC2)nn1. The lowest BCUT2D eigenvalue weighted by molar-refractivity contribution is 0.0767. The quantitative estimate of drug-likeness (QED) is 0.807. The van der Waals surface area contributed by atoms with E-state index in [1.165, 1.54) is 0 Å². The number of hydrogen-bond acceptors (Lipinski definition) is 4. The van der Waals surface area contributed by atoms with Crippen molar-refractivity contribution in [1.29, 1.82) is 0 Å². The van der Waals surface area contributed by atoms with E-state index in [1.54, 1.807) is 4.90 Å². The molecule has 6 heteroatoms. The van der Waals surface area contributed by atoms with Gasteiger partial charge >= 0.3 is 0 Å². The van der Waals surface area contributed by atoms with Crippen molar-refractivity contribution >= 4 is 5.91 Å². The lowest BCUT2D eigenvalue weighted by Gasteiger charge is -2.32. The molecule has 1 fully saturated rings. The number of aromatic nitrogens is 3. The largest absolute Gasteiger partial charge is 0.338 e. The minimum atomic E-state index is -0.0199. The molecule has 1 saturated heterocycles. The molecule has 1 aromatic rings. The Balaban J connectivity index is 1.94. The first-order chi connectivity index (χ1) is 10.5. The van der Waals surface area contributed by atoms with E-state index in [9.17, 15) is 4.79 Å². The van der Waals surface area contributed by atoms with Gasteiger partial charge < -0.3 is 9.80 Å². The molecule has 2 rings (SSSR count). The molecule has 0 unspecified atom stereocenters. The summed E-state index contributed by atoms with van der Waals surface area (Å²) in [6.45, 7) is 13.3. The van der Waals surface area contributed by atoms with Gasteiger partial charge in [-0.3, -0.25) is 4.79 Å². The van der Waals surface area contributed by atoms with Crippen LogP contribution in [0.1, 0.15) is 57.1 Å². The Morgan fingerprint density at radius 1 is 1.32 bits per heavy atom. The molecule has 0 radical (unpaired) electrons. The fourth-order valence-electron chi connectivity index (χ4n) is 3.11. The first kappa shape index (κ1) is 16.9. The van der Waals surface area contributed by atoms with Crippen molar-refractivity contribution in [2.45, 2.75) is 46.6 Å². The van der Waals surface area contributed by atoms with Gasteiger partial charge in [0.05, 0.1) is 12.2 Å². The van der Waals surface area contributed by atoms with Gasteiger partial charge in [-0.05, 0) is 32.6 Å². The molecule has 0 N–H and O–H groups in total. The number of amides is 1. The molecule has 2 heterocycles. The highest BCUT2D eigenvalue weighted by atomic mass is 16.2. The highest BCUT2D eigenvalue weighted by Gasteiger charge is 2.23. The predicted octanol–water partition coefficient (Wildman–Crippen LogP) is 2.05. The van der Waals surface area contributed by atoms with Gasteiger partial charge in [0.25, 0.3) is 5.91 Å². The first-order valence-electron chi connectivity index (χ1n) is 8.48. The van der Waals surface area contributed by atoms with E-state index in [0.717, 1.165) is 32.5 Å². The van der Waals surface area contributed by atoms with Crippen LogP contribution < -0.4 is 0 Å². The number of carbonyl (C=O) groups is 1. The number of nitrogens with zero attached hydrogens (tertiary/aromatic N) is 5. The first-order valence-corrected chi connectivity index (χ1v) is 8.48. The predicted molar refractivity (Wildman–Crippen MR) is 86.8 cm³/mol. The Labute approximate surface area is 133 Å². The topological polar surface area (TPSA) is 54.3 Å². The molecular weight excluding hydrogens is 278 g/mol. The fraction of sp³-hybridized carbons (Fsp3) is 0.812. The minimum Gasteiger partial charge on any atom is -0.338 e. The second kappa shape index (κ2) is 7.72. The minimum absolute atomic E-state index is 0.0199. The van der Waals surface area contributed by atoms with Crippen molar-refractivity contribution in [1.82, 2.24) is 24.8 Å². The number of rotatable bonds is 6. The summed E-state index contributed by atoms with van der Waals surface area (Å²) in [5, 5.41) is 8.28. The van der Waals surface area contributed by atoms with Crippen LogP contribution in [0.15, 0.2) is 6.20 Å². The summed E-state index contributed by atoms with van der Waals surface area (Å²) >= 11 is 0. The average Bonchev–Trinajstić information content (AvgIpc) is 2.98. The number of likely N-dealkylation sites (tertiary alicyclic amines) is 1. The van der Waals surface area contributed by atoms with Gasteiger partial charge in [0.15, 0.2) is 5.69 Å². The van der Waals surface area contributed by atoms with Crippen molar-refractivity contribution in [2.75, 3.05) is 32.7 Å². The molecule has 22 heavy (non-hydrogen) atoms. The van der Waals surface area contributed by atoms with Crippen LogP contribution in [0.25, 0.3) is 0 Å². The Bertz CT molecular complexity index is 473. The van der Waals surface area contributed by atoms with Crippen molar-refractivity contribution in [3.8, 4) is 0 Å². The molecule has 0 spiro atoms. The third-order valence-electron chi connectivity index (χ3n) is 4.33. The van der Waals surface area contributed by atoms with Gasteiger partial charge in [0, 0.05) is 32.7 Å². The van der Waals surface area contributed by atoms with E-state index >= 15 is 0 Å². The van der Waals surface area contributed by atoms with E-state index in [1.807, 2.05) is 24.7 Å². The summed E-state index contributed by atoms with van der Waals surface area (Å²) in [4.78, 5) is 16.6. The fourth-order valence-corrected chi connectivity index (χ4v) is 3.11. The Hall–Kier alpha value is -1.43. The molecule has 1 aliphatic heterocycles. The lowest BCUT2D eigenvalue weighted by Crippen LogP contribution is -2.37. The van der Waals surface area contributed by atoms with Gasteiger partial charge in [-0.15, -0.1) is 5.10 Å². The monoisotopic (exact) mass is 307 g/mol. The molecule has 1 aliphatic rings. The summed E-state index contributed by atoms with van der Waals surface area (Å²) in [5.74, 6) is 0.690. The summed E-state index contributed by atoms with van der Waals surface area (Å²) in [6, 6.07) is 0.370. The van der Waals surface area contributed by atoms with Crippen LogP contribution in [0.4, 0.5) is 0 Å². The number of hydrogen-bond donors (Lipinski definition) is 0. The molecule has 0 aromatic carbocycles. The summed E-state index contributed by atoms with van der Waals surface area (Å²) < 4.78 is 1.89. The van der Waals surface area contributed by atoms with Crippen LogP contribution in [-0.4, -0.2) is 63.4 Å². The van der Waals surface area contributed by atoms with E-state index in [4.69, 9.17) is 0 Å². The van der Waals surface area contributed by atoms with Gasteiger partial charge in [-0.25, -0.2) is 4.68 Å². The molecule has 1 amide bonds. The van der Waals surface area contributed by atoms with Gasteiger partial charge in [-0.1, -0.05) is 19.1 Å². The molecule has 124 valence electrons. The van der Waals surface area contributed by atoms with Gasteiger partial charge in [0.2, 0.25) is 0 Å². The molecule has 0 saturated carbocycles. The summed E-state index contributed by atoms with van der Waals surface area (Å²) in [6.07, 6.45) is 3.98. The highest BCUT2D eigenvalue weighted by Crippen LogP contribution is 2.22. The molecule has 0 bridgehead atoms. The Morgan fingerprint density at radius 3 is 2.50 bits per heavy atom. The zero-order chi connectivity index (χ0) is 16.1. The average molecular weight is 307 g/mol. The maximum atomic E-state index is 12.3. The van der Waals surface area contributed by atoms with Crippen LogP contribution in [0.3, 0.4) is 0 Å². The van der Waals surface area contributed by atoms with Crippen molar-refractivity contribution in [3.63, 3.8) is 0 Å². The van der Waals surface area contributed by atoms with Crippen molar-refractivity contribution in [3.05, 3.63) is 11.9 Å². The number of piperidine rings is 1. The summed E-state index contributed by atoms with van der Waals surface area (Å²) in [7, 11) is 0. The van der Waals surface area contributed by atoms with E-state index in [-0.39, 0.29) is 5.91 Å². The zero-order valence-electron chi connectivity index (χ0n) is 14.3. The van der Waals surface area contributed by atoms with Crippen molar-refractivity contribution < 1.29 is 4.79 Å². The van der Waals surface area contributed by atoms with Crippen LogP contribution >= 0.6 is 0 Å². The molecule has 1 aromatic heterocycles. The zero-order valence-corrected chi connectivity index (χ0v) is 14.3. The smallest absolute Gasteiger partial charge is 0.276 e. The lowest BCUT2D eigenvalue weighted by atomic mass is 10.0. The van der Waals surface area contributed by atoms with E-state index in [0.29, 0.717) is 30.7 Å².